The van der Waals surface area contributed by atoms with Gasteiger partial charge in [0.05, 0.1) is 0 Å². The van der Waals surface area contributed by atoms with Gasteiger partial charge in [-0.25, -0.2) is 9.59 Å². The quantitative estimate of drug-likeness (QED) is 0.769. The summed E-state index contributed by atoms with van der Waals surface area (Å²) in [5.41, 5.74) is -0.624. The fraction of sp³-hybridized carbons (Fsp3) is 0.692. The van der Waals surface area contributed by atoms with Crippen molar-refractivity contribution >= 4 is 12.1 Å². The largest absolute Gasteiger partial charge is 0.480 e. The smallest absolute Gasteiger partial charge is 0.411 e. The van der Waals surface area contributed by atoms with E-state index in [9.17, 15) is 14.7 Å². The number of likely N-dealkylation sites (tertiary alicyclic amines) is 1. The number of carbonyl (C=O) groups excluding carboxylic acids is 1. The van der Waals surface area contributed by atoms with Crippen LogP contribution in [0.3, 0.4) is 0 Å². The highest BCUT2D eigenvalue weighted by atomic mass is 16.6. The molecule has 1 aliphatic heterocycles. The highest BCUT2D eigenvalue weighted by Gasteiger charge is 2.39. The topological polar surface area (TPSA) is 66.8 Å². The van der Waals surface area contributed by atoms with Crippen molar-refractivity contribution in [2.24, 2.45) is 5.92 Å². The Morgan fingerprint density at radius 3 is 2.50 bits per heavy atom. The van der Waals surface area contributed by atoms with E-state index in [2.05, 4.69) is 6.58 Å². The Balaban J connectivity index is 2.87. The number of hydrogen-bond acceptors (Lipinski definition) is 3. The van der Waals surface area contributed by atoms with Crippen LogP contribution in [0.15, 0.2) is 12.7 Å². The van der Waals surface area contributed by atoms with Crippen molar-refractivity contribution in [1.29, 1.82) is 0 Å². The molecule has 5 nitrogen and oxygen atoms in total. The number of carboxylic acids is 1. The number of rotatable bonds is 2. The fourth-order valence-electron chi connectivity index (χ4n) is 2.11. The van der Waals surface area contributed by atoms with E-state index < -0.39 is 23.7 Å². The van der Waals surface area contributed by atoms with Crippen LogP contribution in [0, 0.1) is 5.92 Å². The van der Waals surface area contributed by atoms with E-state index in [1.165, 1.54) is 4.90 Å². The number of amides is 1. The van der Waals surface area contributed by atoms with Gasteiger partial charge in [-0.05, 0) is 33.6 Å². The van der Waals surface area contributed by atoms with Crippen LogP contribution >= 0.6 is 0 Å². The van der Waals surface area contributed by atoms with Gasteiger partial charge >= 0.3 is 12.1 Å². The van der Waals surface area contributed by atoms with Gasteiger partial charge in [-0.2, -0.15) is 0 Å². The standard InChI is InChI=1S/C13H21NO4/c1-5-9-7-6-8-14(10(9)11(15)16)12(17)18-13(2,3)4/h5,9-10H,1,6-8H2,2-4H3,(H,15,16)/t9-,10-/m0/s1. The SMILES string of the molecule is C=C[C@H]1CCCN(C(=O)OC(C)(C)C)[C@@H]1C(=O)O. The lowest BCUT2D eigenvalue weighted by Gasteiger charge is -2.38. The van der Waals surface area contributed by atoms with Gasteiger partial charge in [-0.15, -0.1) is 6.58 Å². The lowest BCUT2D eigenvalue weighted by molar-refractivity contribution is -0.145. The number of hydrogen-bond donors (Lipinski definition) is 1. The van der Waals surface area contributed by atoms with E-state index in [4.69, 9.17) is 4.74 Å². The summed E-state index contributed by atoms with van der Waals surface area (Å²) in [6, 6.07) is -0.869. The molecule has 102 valence electrons. The maximum atomic E-state index is 12.0. The van der Waals surface area contributed by atoms with Gasteiger partial charge in [0.2, 0.25) is 0 Å². The molecule has 18 heavy (non-hydrogen) atoms. The summed E-state index contributed by atoms with van der Waals surface area (Å²) < 4.78 is 5.24. The van der Waals surface area contributed by atoms with Crippen molar-refractivity contribution in [2.45, 2.75) is 45.3 Å². The maximum absolute atomic E-state index is 12.0. The summed E-state index contributed by atoms with van der Waals surface area (Å²) in [7, 11) is 0. The van der Waals surface area contributed by atoms with E-state index in [1.54, 1.807) is 26.8 Å². The molecule has 1 fully saturated rings. The molecule has 0 radical (unpaired) electrons. The van der Waals surface area contributed by atoms with Crippen LogP contribution in [0.4, 0.5) is 4.79 Å². The van der Waals surface area contributed by atoms with Crippen molar-refractivity contribution in [2.75, 3.05) is 6.54 Å². The van der Waals surface area contributed by atoms with Crippen molar-refractivity contribution in [1.82, 2.24) is 4.90 Å². The number of carbonyl (C=O) groups is 2. The van der Waals surface area contributed by atoms with Gasteiger partial charge in [-0.3, -0.25) is 4.90 Å². The van der Waals surface area contributed by atoms with Crippen LogP contribution < -0.4 is 0 Å². The minimum absolute atomic E-state index is 0.219. The van der Waals surface area contributed by atoms with E-state index in [0.29, 0.717) is 6.54 Å². The zero-order valence-corrected chi connectivity index (χ0v) is 11.2. The molecule has 0 bridgehead atoms. The molecule has 0 spiro atoms. The first-order valence-corrected chi connectivity index (χ1v) is 6.11. The van der Waals surface area contributed by atoms with Crippen LogP contribution in [0.5, 0.6) is 0 Å². The number of carboxylic acid groups (broad SMARTS) is 1. The first kappa shape index (κ1) is 14.5. The lowest BCUT2D eigenvalue weighted by Crippen LogP contribution is -2.53. The van der Waals surface area contributed by atoms with Gasteiger partial charge in [0.1, 0.15) is 11.6 Å². The van der Waals surface area contributed by atoms with Crippen LogP contribution in [0.2, 0.25) is 0 Å². The zero-order chi connectivity index (χ0) is 13.9. The lowest BCUT2D eigenvalue weighted by atomic mass is 9.89. The Labute approximate surface area is 107 Å². The van der Waals surface area contributed by atoms with E-state index in [1.807, 2.05) is 0 Å². The number of aliphatic carboxylic acids is 1. The molecule has 0 aromatic carbocycles. The molecule has 0 aliphatic carbocycles. The molecule has 1 amide bonds. The second-order valence-electron chi connectivity index (χ2n) is 5.50. The summed E-state index contributed by atoms with van der Waals surface area (Å²) in [5.74, 6) is -1.23. The highest BCUT2D eigenvalue weighted by molar-refractivity contribution is 5.81. The molecular formula is C13H21NO4. The minimum Gasteiger partial charge on any atom is -0.480 e. The monoisotopic (exact) mass is 255 g/mol. The Morgan fingerprint density at radius 2 is 2.06 bits per heavy atom. The number of nitrogens with zero attached hydrogens (tertiary/aromatic N) is 1. The molecule has 1 N–H and O–H groups in total. The van der Waals surface area contributed by atoms with Gasteiger partial charge in [-0.1, -0.05) is 6.08 Å². The molecule has 0 aromatic rings. The molecule has 0 aromatic heterocycles. The molecule has 1 saturated heterocycles. The molecule has 1 rings (SSSR count). The van der Waals surface area contributed by atoms with Crippen LogP contribution in [0.1, 0.15) is 33.6 Å². The van der Waals surface area contributed by atoms with Crippen LogP contribution in [0.25, 0.3) is 0 Å². The van der Waals surface area contributed by atoms with Crippen molar-refractivity contribution in [3.8, 4) is 0 Å². The average molecular weight is 255 g/mol. The van der Waals surface area contributed by atoms with Crippen molar-refractivity contribution in [3.63, 3.8) is 0 Å². The van der Waals surface area contributed by atoms with E-state index >= 15 is 0 Å². The molecule has 1 heterocycles. The fourth-order valence-corrected chi connectivity index (χ4v) is 2.11. The average Bonchev–Trinajstić information content (AvgIpc) is 2.25. The predicted octanol–water partition coefficient (Wildman–Crippen LogP) is 2.27. The summed E-state index contributed by atoms with van der Waals surface area (Å²) in [4.78, 5) is 24.6. The van der Waals surface area contributed by atoms with E-state index in [-0.39, 0.29) is 5.92 Å². The minimum atomic E-state index is -1.01. The normalized spacial score (nSPS) is 24.5. The van der Waals surface area contributed by atoms with Crippen molar-refractivity contribution < 1.29 is 19.4 Å². The summed E-state index contributed by atoms with van der Waals surface area (Å²) in [6.07, 6.45) is 2.54. The molecule has 0 saturated carbocycles. The van der Waals surface area contributed by atoms with Gasteiger partial charge in [0.15, 0.2) is 0 Å². The van der Waals surface area contributed by atoms with Crippen LogP contribution in [-0.4, -0.2) is 40.3 Å². The van der Waals surface area contributed by atoms with Gasteiger partial charge in [0, 0.05) is 12.5 Å². The third kappa shape index (κ3) is 3.48. The van der Waals surface area contributed by atoms with Gasteiger partial charge in [0.25, 0.3) is 0 Å². The molecule has 2 atom stereocenters. The molecule has 0 unspecified atom stereocenters. The number of piperidine rings is 1. The zero-order valence-electron chi connectivity index (χ0n) is 11.2. The molecule has 1 aliphatic rings. The third-order valence-corrected chi connectivity index (χ3v) is 2.86. The summed E-state index contributed by atoms with van der Waals surface area (Å²) in [5, 5.41) is 9.26. The summed E-state index contributed by atoms with van der Waals surface area (Å²) in [6.45, 7) is 9.33. The van der Waals surface area contributed by atoms with Crippen LogP contribution in [-0.2, 0) is 9.53 Å². The molecular weight excluding hydrogens is 234 g/mol. The second kappa shape index (κ2) is 5.42. The Morgan fingerprint density at radius 1 is 1.44 bits per heavy atom. The Bertz CT molecular complexity index is 345. The maximum Gasteiger partial charge on any atom is 0.411 e. The number of ether oxygens (including phenoxy) is 1. The van der Waals surface area contributed by atoms with E-state index in [0.717, 1.165) is 12.8 Å². The third-order valence-electron chi connectivity index (χ3n) is 2.86. The van der Waals surface area contributed by atoms with Gasteiger partial charge < -0.3 is 9.84 Å². The molecule has 5 heteroatoms. The summed E-state index contributed by atoms with van der Waals surface area (Å²) >= 11 is 0. The highest BCUT2D eigenvalue weighted by Crippen LogP contribution is 2.26. The predicted molar refractivity (Wildman–Crippen MR) is 67.3 cm³/mol. The first-order valence-electron chi connectivity index (χ1n) is 6.11. The Kier molecular flexibility index (Phi) is 4.38. The second-order valence-corrected chi connectivity index (χ2v) is 5.50. The first-order chi connectivity index (χ1) is 8.26. The van der Waals surface area contributed by atoms with Crippen molar-refractivity contribution in [3.05, 3.63) is 12.7 Å². The Hall–Kier alpha value is -1.52.